The lowest BCUT2D eigenvalue weighted by molar-refractivity contribution is 0.954. The van der Waals surface area contributed by atoms with Crippen LogP contribution in [0.25, 0.3) is 98.2 Å². The van der Waals surface area contributed by atoms with Crippen LogP contribution >= 0.6 is 11.3 Å². The van der Waals surface area contributed by atoms with Gasteiger partial charge in [-0.25, -0.2) is 4.98 Å². The molecule has 0 atom stereocenters. The normalized spacial score (nSPS) is 11.9. The van der Waals surface area contributed by atoms with Crippen LogP contribution in [0.3, 0.4) is 0 Å². The summed E-state index contributed by atoms with van der Waals surface area (Å²) in [7, 11) is 0. The first-order chi connectivity index (χ1) is 25.3. The van der Waals surface area contributed by atoms with E-state index in [2.05, 4.69) is 155 Å². The van der Waals surface area contributed by atoms with Gasteiger partial charge in [0.2, 0.25) is 5.95 Å². The van der Waals surface area contributed by atoms with Gasteiger partial charge in [0.15, 0.2) is 11.6 Å². The van der Waals surface area contributed by atoms with Crippen molar-refractivity contribution in [1.29, 1.82) is 0 Å². The number of hydrogen-bond donors (Lipinski definition) is 0. The average molecular weight is 670 g/mol. The van der Waals surface area contributed by atoms with Gasteiger partial charge in [0, 0.05) is 53.8 Å². The van der Waals surface area contributed by atoms with Crippen LogP contribution < -0.4 is 0 Å². The zero-order chi connectivity index (χ0) is 33.5. The van der Waals surface area contributed by atoms with Gasteiger partial charge in [-0.15, -0.1) is 11.3 Å². The Balaban J connectivity index is 1.22. The van der Waals surface area contributed by atoms with Crippen molar-refractivity contribution >= 4 is 75.1 Å². The summed E-state index contributed by atoms with van der Waals surface area (Å²) in [5, 5.41) is 7.25. The SMILES string of the molecule is c1ccc(-c2nc(-c3cccc4c3sc3c4ccc4c5ccccc5n(-c5ccccc5)c43)nc(-n3c4ccccc4c4ccccc43)n2)cc1. The quantitative estimate of drug-likeness (QED) is 0.187. The zero-order valence-electron chi connectivity index (χ0n) is 27.2. The molecule has 11 aromatic rings. The molecule has 0 amide bonds. The number of para-hydroxylation sites is 4. The molecule has 0 aliphatic carbocycles. The first-order valence-electron chi connectivity index (χ1n) is 17.0. The van der Waals surface area contributed by atoms with Crippen molar-refractivity contribution in [2.24, 2.45) is 0 Å². The van der Waals surface area contributed by atoms with Crippen molar-refractivity contribution in [3.8, 4) is 34.4 Å². The molecule has 4 aromatic heterocycles. The van der Waals surface area contributed by atoms with E-state index in [-0.39, 0.29) is 0 Å². The molecular weight excluding hydrogens is 643 g/mol. The maximum atomic E-state index is 5.30. The lowest BCUT2D eigenvalue weighted by atomic mass is 10.1. The number of rotatable bonds is 4. The van der Waals surface area contributed by atoms with E-state index in [1.807, 2.05) is 29.5 Å². The van der Waals surface area contributed by atoms with Gasteiger partial charge in [-0.1, -0.05) is 127 Å². The maximum Gasteiger partial charge on any atom is 0.238 e. The third kappa shape index (κ3) is 4.17. The Morgan fingerprint density at radius 2 is 0.902 bits per heavy atom. The minimum Gasteiger partial charge on any atom is -0.308 e. The van der Waals surface area contributed by atoms with Gasteiger partial charge in [0.25, 0.3) is 0 Å². The fourth-order valence-corrected chi connectivity index (χ4v) is 9.11. The minimum absolute atomic E-state index is 0.598. The number of fused-ring (bicyclic) bond motifs is 10. The molecule has 51 heavy (non-hydrogen) atoms. The highest BCUT2D eigenvalue weighted by atomic mass is 32.1. The van der Waals surface area contributed by atoms with E-state index in [4.69, 9.17) is 15.0 Å². The lowest BCUT2D eigenvalue weighted by Gasteiger charge is -2.11. The van der Waals surface area contributed by atoms with Crippen molar-refractivity contribution in [3.05, 3.63) is 164 Å². The van der Waals surface area contributed by atoms with E-state index in [1.165, 1.54) is 48.1 Å². The zero-order valence-corrected chi connectivity index (χ0v) is 28.0. The summed E-state index contributed by atoms with van der Waals surface area (Å²) in [6, 6.07) is 57.6. The molecule has 0 unspecified atom stereocenters. The van der Waals surface area contributed by atoms with Gasteiger partial charge in [-0.05, 0) is 36.4 Å². The number of nitrogens with zero attached hydrogens (tertiary/aromatic N) is 5. The standard InChI is InChI=1S/C45H27N5S/c1-3-14-28(15-4-1)43-46-44(48-45(47-43)50-38-24-11-7-18-30(38)31-19-8-12-25-39(31)50)36-22-13-21-34-35-27-26-33-32-20-9-10-23-37(32)49(29-16-5-2-6-17-29)40(33)42(35)51-41(34)36/h1-27H. The summed E-state index contributed by atoms with van der Waals surface area (Å²) in [6.07, 6.45) is 0. The summed E-state index contributed by atoms with van der Waals surface area (Å²) in [5.74, 6) is 1.89. The molecule has 0 saturated carbocycles. The molecule has 0 saturated heterocycles. The van der Waals surface area contributed by atoms with Crippen molar-refractivity contribution < 1.29 is 0 Å². The molecule has 11 rings (SSSR count). The average Bonchev–Trinajstić information content (AvgIpc) is 3.86. The van der Waals surface area contributed by atoms with Crippen LogP contribution in [-0.4, -0.2) is 24.1 Å². The smallest absolute Gasteiger partial charge is 0.238 e. The second-order valence-corrected chi connectivity index (χ2v) is 13.8. The van der Waals surface area contributed by atoms with Gasteiger partial charge >= 0.3 is 0 Å². The second-order valence-electron chi connectivity index (χ2n) is 12.8. The van der Waals surface area contributed by atoms with Crippen LogP contribution in [0.2, 0.25) is 0 Å². The fourth-order valence-electron chi connectivity index (χ4n) is 7.76. The molecular formula is C45H27N5S. The van der Waals surface area contributed by atoms with Gasteiger partial charge < -0.3 is 4.57 Å². The van der Waals surface area contributed by atoms with Gasteiger partial charge in [-0.3, -0.25) is 4.57 Å². The van der Waals surface area contributed by atoms with E-state index in [9.17, 15) is 0 Å². The number of thiophene rings is 1. The Kier molecular flexibility index (Phi) is 6.05. The lowest BCUT2D eigenvalue weighted by Crippen LogP contribution is -2.06. The monoisotopic (exact) mass is 669 g/mol. The summed E-state index contributed by atoms with van der Waals surface area (Å²) in [6.45, 7) is 0. The summed E-state index contributed by atoms with van der Waals surface area (Å²) in [4.78, 5) is 15.6. The van der Waals surface area contributed by atoms with Gasteiger partial charge in [0.05, 0.1) is 26.8 Å². The van der Waals surface area contributed by atoms with Crippen LogP contribution in [0.15, 0.2) is 164 Å². The summed E-state index contributed by atoms with van der Waals surface area (Å²) < 4.78 is 6.99. The van der Waals surface area contributed by atoms with Gasteiger partial charge in [-0.2, -0.15) is 9.97 Å². The van der Waals surface area contributed by atoms with E-state index in [1.54, 1.807) is 0 Å². The Bertz CT molecular complexity index is 3080. The molecule has 0 N–H and O–H groups in total. The fraction of sp³-hybridized carbons (Fsp3) is 0. The number of aromatic nitrogens is 5. The van der Waals surface area contributed by atoms with Crippen LogP contribution in [0, 0.1) is 0 Å². The number of hydrogen-bond acceptors (Lipinski definition) is 4. The van der Waals surface area contributed by atoms with Crippen LogP contribution in [0.4, 0.5) is 0 Å². The highest BCUT2D eigenvalue weighted by molar-refractivity contribution is 7.27. The highest BCUT2D eigenvalue weighted by Crippen LogP contribution is 2.45. The summed E-state index contributed by atoms with van der Waals surface area (Å²) in [5.41, 5.74) is 7.63. The van der Waals surface area contributed by atoms with Gasteiger partial charge in [0.1, 0.15) is 0 Å². The van der Waals surface area contributed by atoms with Crippen molar-refractivity contribution in [2.45, 2.75) is 0 Å². The van der Waals surface area contributed by atoms with Crippen molar-refractivity contribution in [3.63, 3.8) is 0 Å². The molecule has 7 aromatic carbocycles. The maximum absolute atomic E-state index is 5.30. The minimum atomic E-state index is 0.598. The molecule has 0 spiro atoms. The predicted molar refractivity (Wildman–Crippen MR) is 212 cm³/mol. The molecule has 0 aliphatic heterocycles. The third-order valence-electron chi connectivity index (χ3n) is 9.99. The molecule has 0 fully saturated rings. The molecule has 5 nitrogen and oxygen atoms in total. The first kappa shape index (κ1) is 28.2. The topological polar surface area (TPSA) is 48.5 Å². The Hall–Kier alpha value is -6.63. The molecule has 6 heteroatoms. The molecule has 0 radical (unpaired) electrons. The Morgan fingerprint density at radius 1 is 0.373 bits per heavy atom. The summed E-state index contributed by atoms with van der Waals surface area (Å²) >= 11 is 1.82. The molecule has 0 bridgehead atoms. The highest BCUT2D eigenvalue weighted by Gasteiger charge is 2.22. The van der Waals surface area contributed by atoms with E-state index in [0.29, 0.717) is 17.6 Å². The molecule has 4 heterocycles. The Morgan fingerprint density at radius 3 is 1.61 bits per heavy atom. The second kappa shape index (κ2) is 10.9. The van der Waals surface area contributed by atoms with E-state index in [0.717, 1.165) is 32.5 Å². The van der Waals surface area contributed by atoms with Crippen molar-refractivity contribution in [1.82, 2.24) is 24.1 Å². The third-order valence-corrected chi connectivity index (χ3v) is 11.3. The van der Waals surface area contributed by atoms with E-state index >= 15 is 0 Å². The molecule has 0 aliphatic rings. The Labute approximate surface area is 296 Å². The molecule has 238 valence electrons. The van der Waals surface area contributed by atoms with Crippen molar-refractivity contribution in [2.75, 3.05) is 0 Å². The first-order valence-corrected chi connectivity index (χ1v) is 17.9. The largest absolute Gasteiger partial charge is 0.308 e. The van der Waals surface area contributed by atoms with Crippen LogP contribution in [-0.2, 0) is 0 Å². The van der Waals surface area contributed by atoms with Crippen LogP contribution in [0.1, 0.15) is 0 Å². The van der Waals surface area contributed by atoms with E-state index < -0.39 is 0 Å². The predicted octanol–water partition coefficient (Wildman–Crippen LogP) is 11.8. The van der Waals surface area contributed by atoms with Crippen LogP contribution in [0.5, 0.6) is 0 Å². The number of benzene rings is 7.